The van der Waals surface area contributed by atoms with Crippen LogP contribution in [-0.2, 0) is 6.54 Å². The molecule has 2 heterocycles. The van der Waals surface area contributed by atoms with Crippen LogP contribution in [0.15, 0.2) is 42.7 Å². The molecule has 1 aliphatic heterocycles. The Bertz CT molecular complexity index is 638. The molecule has 1 aromatic carbocycles. The molecule has 0 saturated carbocycles. The predicted molar refractivity (Wildman–Crippen MR) is 85.7 cm³/mol. The average molecular weight is 296 g/mol. The number of rotatable bonds is 4. The van der Waals surface area contributed by atoms with Gasteiger partial charge in [0, 0.05) is 32.7 Å². The number of benzene rings is 1. The van der Waals surface area contributed by atoms with Gasteiger partial charge in [0.2, 0.25) is 0 Å². The second-order valence-electron chi connectivity index (χ2n) is 5.60. The first-order valence-corrected chi connectivity index (χ1v) is 7.60. The quantitative estimate of drug-likeness (QED) is 0.869. The van der Waals surface area contributed by atoms with Crippen LogP contribution in [0, 0.1) is 0 Å². The van der Waals surface area contributed by atoms with Crippen molar-refractivity contribution in [1.82, 2.24) is 14.9 Å². The van der Waals surface area contributed by atoms with Gasteiger partial charge in [-0.15, -0.1) is 0 Å². The van der Waals surface area contributed by atoms with Crippen LogP contribution in [0.1, 0.15) is 28.9 Å². The van der Waals surface area contributed by atoms with E-state index in [1.165, 1.54) is 19.2 Å². The minimum Gasteiger partial charge on any atom is -0.357 e. The molecule has 2 aromatic rings. The summed E-state index contributed by atoms with van der Waals surface area (Å²) in [4.78, 5) is 24.9. The lowest BCUT2D eigenvalue weighted by Gasteiger charge is -2.19. The first kappa shape index (κ1) is 14.5. The van der Waals surface area contributed by atoms with Crippen molar-refractivity contribution < 1.29 is 4.79 Å². The van der Waals surface area contributed by atoms with E-state index >= 15 is 0 Å². The molecule has 0 N–H and O–H groups in total. The van der Waals surface area contributed by atoms with E-state index in [1.807, 2.05) is 30.3 Å². The highest BCUT2D eigenvalue weighted by molar-refractivity contribution is 5.92. The molecule has 1 fully saturated rings. The van der Waals surface area contributed by atoms with Crippen molar-refractivity contribution in [2.24, 2.45) is 0 Å². The molecule has 1 aliphatic rings. The van der Waals surface area contributed by atoms with Crippen molar-refractivity contribution in [3.05, 3.63) is 54.0 Å². The second kappa shape index (κ2) is 6.56. The van der Waals surface area contributed by atoms with Gasteiger partial charge in [-0.2, -0.15) is 0 Å². The Labute approximate surface area is 130 Å². The third-order valence-corrected chi connectivity index (χ3v) is 3.91. The van der Waals surface area contributed by atoms with Crippen LogP contribution < -0.4 is 4.90 Å². The van der Waals surface area contributed by atoms with Crippen LogP contribution in [0.5, 0.6) is 0 Å². The lowest BCUT2D eigenvalue weighted by molar-refractivity contribution is 0.0779. The van der Waals surface area contributed by atoms with Crippen LogP contribution in [0.2, 0.25) is 0 Å². The summed E-state index contributed by atoms with van der Waals surface area (Å²) in [6.45, 7) is 2.58. The summed E-state index contributed by atoms with van der Waals surface area (Å²) in [7, 11) is 1.80. The van der Waals surface area contributed by atoms with E-state index in [1.54, 1.807) is 18.0 Å². The zero-order chi connectivity index (χ0) is 15.4. The van der Waals surface area contributed by atoms with E-state index in [-0.39, 0.29) is 5.91 Å². The van der Waals surface area contributed by atoms with Crippen molar-refractivity contribution in [3.8, 4) is 0 Å². The molecule has 0 bridgehead atoms. The van der Waals surface area contributed by atoms with E-state index in [0.29, 0.717) is 12.2 Å². The molecule has 0 atom stereocenters. The molecular formula is C17H20N4O. The maximum atomic E-state index is 12.5. The molecule has 22 heavy (non-hydrogen) atoms. The number of amides is 1. The molecule has 1 amide bonds. The topological polar surface area (TPSA) is 49.3 Å². The summed E-state index contributed by atoms with van der Waals surface area (Å²) < 4.78 is 0. The summed E-state index contributed by atoms with van der Waals surface area (Å²) in [5.74, 6) is 0.774. The minimum absolute atomic E-state index is 0.0771. The molecular weight excluding hydrogens is 276 g/mol. The van der Waals surface area contributed by atoms with E-state index in [0.717, 1.165) is 24.5 Å². The number of aromatic nitrogens is 2. The number of anilines is 1. The van der Waals surface area contributed by atoms with Crippen molar-refractivity contribution in [3.63, 3.8) is 0 Å². The SMILES string of the molecule is CN(Cc1ccccc1)C(=O)c1cc(N2CCCC2)ncn1. The molecule has 5 nitrogen and oxygen atoms in total. The number of nitrogens with zero attached hydrogens (tertiary/aromatic N) is 4. The van der Waals surface area contributed by atoms with Crippen LogP contribution in [0.25, 0.3) is 0 Å². The van der Waals surface area contributed by atoms with Crippen molar-refractivity contribution >= 4 is 11.7 Å². The van der Waals surface area contributed by atoms with Gasteiger partial charge in [-0.3, -0.25) is 4.79 Å². The Kier molecular flexibility index (Phi) is 4.32. The van der Waals surface area contributed by atoms with E-state index < -0.39 is 0 Å². The van der Waals surface area contributed by atoms with Crippen LogP contribution in [0.4, 0.5) is 5.82 Å². The highest BCUT2D eigenvalue weighted by Gasteiger charge is 2.18. The summed E-state index contributed by atoms with van der Waals surface area (Å²) >= 11 is 0. The lowest BCUT2D eigenvalue weighted by atomic mass is 10.2. The van der Waals surface area contributed by atoms with Gasteiger partial charge >= 0.3 is 0 Å². The van der Waals surface area contributed by atoms with Gasteiger partial charge in [-0.05, 0) is 18.4 Å². The molecule has 0 aliphatic carbocycles. The maximum absolute atomic E-state index is 12.5. The monoisotopic (exact) mass is 296 g/mol. The van der Waals surface area contributed by atoms with E-state index in [2.05, 4.69) is 14.9 Å². The molecule has 1 saturated heterocycles. The summed E-state index contributed by atoms with van der Waals surface area (Å²) in [5.41, 5.74) is 1.56. The van der Waals surface area contributed by atoms with Gasteiger partial charge in [-0.25, -0.2) is 9.97 Å². The molecule has 114 valence electrons. The smallest absolute Gasteiger partial charge is 0.272 e. The summed E-state index contributed by atoms with van der Waals surface area (Å²) in [6, 6.07) is 11.7. The third-order valence-electron chi connectivity index (χ3n) is 3.91. The zero-order valence-electron chi connectivity index (χ0n) is 12.8. The number of carbonyl (C=O) groups is 1. The molecule has 5 heteroatoms. The second-order valence-corrected chi connectivity index (χ2v) is 5.60. The number of carbonyl (C=O) groups excluding carboxylic acids is 1. The first-order chi connectivity index (χ1) is 10.7. The van der Waals surface area contributed by atoms with Gasteiger partial charge in [0.25, 0.3) is 5.91 Å². The normalized spacial score (nSPS) is 14.1. The van der Waals surface area contributed by atoms with Crippen molar-refractivity contribution in [2.75, 3.05) is 25.0 Å². The highest BCUT2D eigenvalue weighted by Crippen LogP contribution is 2.18. The summed E-state index contributed by atoms with van der Waals surface area (Å²) in [5, 5.41) is 0. The van der Waals surface area contributed by atoms with Crippen LogP contribution in [-0.4, -0.2) is 40.9 Å². The average Bonchev–Trinajstić information content (AvgIpc) is 3.10. The standard InChI is InChI=1S/C17H20N4O/c1-20(12-14-7-3-2-4-8-14)17(22)15-11-16(19-13-18-15)21-9-5-6-10-21/h2-4,7-8,11,13H,5-6,9-10,12H2,1H3. The van der Waals surface area contributed by atoms with Gasteiger partial charge in [0.05, 0.1) is 0 Å². The van der Waals surface area contributed by atoms with E-state index in [4.69, 9.17) is 0 Å². The van der Waals surface area contributed by atoms with E-state index in [9.17, 15) is 4.79 Å². The molecule has 3 rings (SSSR count). The Hall–Kier alpha value is -2.43. The van der Waals surface area contributed by atoms with Gasteiger partial charge in [-0.1, -0.05) is 30.3 Å². The minimum atomic E-state index is -0.0771. The van der Waals surface area contributed by atoms with Crippen molar-refractivity contribution in [1.29, 1.82) is 0 Å². The lowest BCUT2D eigenvalue weighted by Crippen LogP contribution is -2.28. The zero-order valence-corrected chi connectivity index (χ0v) is 12.8. The molecule has 0 radical (unpaired) electrons. The van der Waals surface area contributed by atoms with Crippen molar-refractivity contribution in [2.45, 2.75) is 19.4 Å². The van der Waals surface area contributed by atoms with Crippen LogP contribution in [0.3, 0.4) is 0 Å². The Morgan fingerprint density at radius 2 is 1.91 bits per heavy atom. The molecule has 1 aromatic heterocycles. The van der Waals surface area contributed by atoms with Crippen LogP contribution >= 0.6 is 0 Å². The van der Waals surface area contributed by atoms with Gasteiger partial charge < -0.3 is 9.80 Å². The maximum Gasteiger partial charge on any atom is 0.272 e. The van der Waals surface area contributed by atoms with Gasteiger partial charge in [0.1, 0.15) is 17.8 Å². The number of hydrogen-bond acceptors (Lipinski definition) is 4. The Morgan fingerprint density at radius 3 is 2.64 bits per heavy atom. The fourth-order valence-electron chi connectivity index (χ4n) is 2.71. The fraction of sp³-hybridized carbons (Fsp3) is 0.353. The highest BCUT2D eigenvalue weighted by atomic mass is 16.2. The largest absolute Gasteiger partial charge is 0.357 e. The van der Waals surface area contributed by atoms with Gasteiger partial charge in [0.15, 0.2) is 0 Å². The third kappa shape index (κ3) is 3.24. The first-order valence-electron chi connectivity index (χ1n) is 7.60. The Morgan fingerprint density at radius 1 is 1.18 bits per heavy atom. The Balaban J connectivity index is 1.72. The molecule has 0 spiro atoms. The number of hydrogen-bond donors (Lipinski definition) is 0. The molecule has 0 unspecified atom stereocenters. The fourth-order valence-corrected chi connectivity index (χ4v) is 2.71. The predicted octanol–water partition coefficient (Wildman–Crippen LogP) is 2.35. The summed E-state index contributed by atoms with van der Waals surface area (Å²) in [6.07, 6.45) is 3.85.